The molecule has 132 valence electrons. The molecule has 1 aliphatic heterocycles. The summed E-state index contributed by atoms with van der Waals surface area (Å²) in [6.07, 6.45) is 1.80. The number of amides is 1. The van der Waals surface area contributed by atoms with Gasteiger partial charge in [-0.05, 0) is 30.7 Å². The van der Waals surface area contributed by atoms with Gasteiger partial charge in [0.2, 0.25) is 5.91 Å². The number of nitrogens with zero attached hydrogens (tertiary/aromatic N) is 3. The van der Waals surface area contributed by atoms with E-state index in [1.165, 1.54) is 0 Å². The lowest BCUT2D eigenvalue weighted by Crippen LogP contribution is -2.48. The molecule has 0 unspecified atom stereocenters. The Bertz CT molecular complexity index is 746. The molecule has 7 heteroatoms. The van der Waals surface area contributed by atoms with Gasteiger partial charge in [-0.3, -0.25) is 9.69 Å². The second-order valence-corrected chi connectivity index (χ2v) is 6.84. The molecule has 0 saturated carbocycles. The molecule has 0 atom stereocenters. The number of piperazine rings is 1. The fourth-order valence-electron chi connectivity index (χ4n) is 2.83. The van der Waals surface area contributed by atoms with Gasteiger partial charge in [0.05, 0.1) is 22.3 Å². The maximum Gasteiger partial charge on any atom is 0.238 e. The number of halogens is 2. The summed E-state index contributed by atoms with van der Waals surface area (Å²) < 4.78 is 0. The average Bonchev–Trinajstić information content (AvgIpc) is 2.63. The van der Waals surface area contributed by atoms with Crippen molar-refractivity contribution in [3.63, 3.8) is 0 Å². The van der Waals surface area contributed by atoms with E-state index in [0.717, 1.165) is 37.6 Å². The third kappa shape index (κ3) is 4.42. The number of anilines is 2. The lowest BCUT2D eigenvalue weighted by Gasteiger charge is -2.35. The van der Waals surface area contributed by atoms with Crippen LogP contribution in [0.3, 0.4) is 0 Å². The number of hydrogen-bond acceptors (Lipinski definition) is 4. The summed E-state index contributed by atoms with van der Waals surface area (Å²) in [6.45, 7) is 5.49. The number of nitrogens with one attached hydrogen (secondary N) is 1. The van der Waals surface area contributed by atoms with Crippen LogP contribution in [0.15, 0.2) is 36.5 Å². The molecule has 0 aliphatic carbocycles. The number of pyridine rings is 1. The number of aromatic nitrogens is 1. The minimum absolute atomic E-state index is 0.110. The van der Waals surface area contributed by atoms with Crippen LogP contribution in [0, 0.1) is 6.92 Å². The monoisotopic (exact) mass is 378 g/mol. The van der Waals surface area contributed by atoms with Crippen LogP contribution in [-0.4, -0.2) is 48.5 Å². The molecule has 2 heterocycles. The van der Waals surface area contributed by atoms with Crippen molar-refractivity contribution < 1.29 is 4.79 Å². The Hall–Kier alpha value is -1.82. The zero-order valence-corrected chi connectivity index (χ0v) is 15.5. The molecule has 1 fully saturated rings. The van der Waals surface area contributed by atoms with E-state index in [-0.39, 0.29) is 5.91 Å². The van der Waals surface area contributed by atoms with Crippen LogP contribution in [-0.2, 0) is 4.79 Å². The first-order valence-electron chi connectivity index (χ1n) is 8.17. The van der Waals surface area contributed by atoms with Gasteiger partial charge >= 0.3 is 0 Å². The third-order valence-electron chi connectivity index (χ3n) is 4.26. The van der Waals surface area contributed by atoms with E-state index in [4.69, 9.17) is 23.2 Å². The van der Waals surface area contributed by atoms with E-state index in [9.17, 15) is 4.79 Å². The molecule has 3 rings (SSSR count). The van der Waals surface area contributed by atoms with E-state index >= 15 is 0 Å². The Morgan fingerprint density at radius 1 is 1.16 bits per heavy atom. The highest BCUT2D eigenvalue weighted by Gasteiger charge is 2.20. The van der Waals surface area contributed by atoms with Crippen molar-refractivity contribution in [1.82, 2.24) is 9.88 Å². The van der Waals surface area contributed by atoms with Crippen LogP contribution < -0.4 is 10.2 Å². The molecule has 1 amide bonds. The molecule has 1 saturated heterocycles. The van der Waals surface area contributed by atoms with Gasteiger partial charge in [0, 0.05) is 32.4 Å². The van der Waals surface area contributed by atoms with Crippen molar-refractivity contribution in [3.8, 4) is 0 Å². The smallest absolute Gasteiger partial charge is 0.238 e. The average molecular weight is 379 g/mol. The van der Waals surface area contributed by atoms with Gasteiger partial charge < -0.3 is 10.2 Å². The molecular formula is C18H20Cl2N4O. The van der Waals surface area contributed by atoms with Crippen LogP contribution in [0.5, 0.6) is 0 Å². The third-order valence-corrected chi connectivity index (χ3v) is 5.06. The van der Waals surface area contributed by atoms with Crippen molar-refractivity contribution >= 4 is 40.6 Å². The second kappa shape index (κ2) is 8.04. The molecule has 2 aromatic rings. The highest BCUT2D eigenvalue weighted by molar-refractivity contribution is 6.40. The van der Waals surface area contributed by atoms with E-state index in [2.05, 4.69) is 20.1 Å². The summed E-state index contributed by atoms with van der Waals surface area (Å²) in [5.74, 6) is 0.866. The maximum atomic E-state index is 12.4. The van der Waals surface area contributed by atoms with Gasteiger partial charge in [0.1, 0.15) is 5.82 Å². The van der Waals surface area contributed by atoms with Gasteiger partial charge in [-0.25, -0.2) is 4.98 Å². The Balaban J connectivity index is 1.54. The van der Waals surface area contributed by atoms with E-state index in [0.29, 0.717) is 22.3 Å². The van der Waals surface area contributed by atoms with Crippen LogP contribution in [0.1, 0.15) is 5.56 Å². The summed E-state index contributed by atoms with van der Waals surface area (Å²) in [5.41, 5.74) is 1.37. The molecule has 1 aromatic carbocycles. The topological polar surface area (TPSA) is 48.5 Å². The van der Waals surface area contributed by atoms with Crippen LogP contribution in [0.25, 0.3) is 0 Å². The van der Waals surface area contributed by atoms with Gasteiger partial charge in [-0.2, -0.15) is 0 Å². The van der Waals surface area contributed by atoms with Crippen molar-refractivity contribution in [1.29, 1.82) is 0 Å². The largest absolute Gasteiger partial charge is 0.354 e. The minimum Gasteiger partial charge on any atom is -0.354 e. The number of hydrogen-bond donors (Lipinski definition) is 1. The van der Waals surface area contributed by atoms with Gasteiger partial charge in [0.25, 0.3) is 0 Å². The summed E-state index contributed by atoms with van der Waals surface area (Å²) >= 11 is 12.4. The van der Waals surface area contributed by atoms with Crippen molar-refractivity contribution in [2.24, 2.45) is 0 Å². The molecule has 0 spiro atoms. The highest BCUT2D eigenvalue weighted by Crippen LogP contribution is 2.32. The summed E-state index contributed by atoms with van der Waals surface area (Å²) in [5, 5.41) is 3.77. The van der Waals surface area contributed by atoms with Crippen LogP contribution >= 0.6 is 23.2 Å². The maximum absolute atomic E-state index is 12.4. The molecular weight excluding hydrogens is 359 g/mol. The number of aryl methyl sites for hydroxylation is 1. The summed E-state index contributed by atoms with van der Waals surface area (Å²) in [7, 11) is 0. The Morgan fingerprint density at radius 3 is 2.60 bits per heavy atom. The normalized spacial score (nSPS) is 15.2. The molecule has 1 aromatic heterocycles. The number of rotatable bonds is 4. The molecule has 25 heavy (non-hydrogen) atoms. The van der Waals surface area contributed by atoms with Crippen molar-refractivity contribution in [3.05, 3.63) is 52.1 Å². The fourth-order valence-corrected chi connectivity index (χ4v) is 3.29. The molecule has 1 aliphatic rings. The zero-order valence-electron chi connectivity index (χ0n) is 14.0. The van der Waals surface area contributed by atoms with Gasteiger partial charge in [0.15, 0.2) is 0 Å². The van der Waals surface area contributed by atoms with Crippen molar-refractivity contribution in [2.45, 2.75) is 6.92 Å². The van der Waals surface area contributed by atoms with Crippen molar-refractivity contribution in [2.75, 3.05) is 42.9 Å². The summed E-state index contributed by atoms with van der Waals surface area (Å²) in [4.78, 5) is 21.1. The lowest BCUT2D eigenvalue weighted by molar-refractivity contribution is -0.117. The first-order chi connectivity index (χ1) is 12.0. The standard InChI is InChI=1S/C18H20Cl2N4O/c1-13-5-6-14(19)18(17(13)20)22-16(25)12-23-8-10-24(11-9-23)15-4-2-3-7-21-15/h2-7H,8-12H2,1H3,(H,22,25). The zero-order chi connectivity index (χ0) is 17.8. The lowest BCUT2D eigenvalue weighted by atomic mass is 10.2. The first kappa shape index (κ1) is 18.0. The van der Waals surface area contributed by atoms with Gasteiger partial charge in [-0.15, -0.1) is 0 Å². The highest BCUT2D eigenvalue weighted by atomic mass is 35.5. The molecule has 5 nitrogen and oxygen atoms in total. The molecule has 1 N–H and O–H groups in total. The van der Waals surface area contributed by atoms with E-state index < -0.39 is 0 Å². The van der Waals surface area contributed by atoms with Crippen LogP contribution in [0.2, 0.25) is 10.0 Å². The Morgan fingerprint density at radius 2 is 1.92 bits per heavy atom. The fraction of sp³-hybridized carbons (Fsp3) is 0.333. The first-order valence-corrected chi connectivity index (χ1v) is 8.93. The van der Waals surface area contributed by atoms with Gasteiger partial charge in [-0.1, -0.05) is 35.3 Å². The molecule has 0 radical (unpaired) electrons. The predicted molar refractivity (Wildman–Crippen MR) is 103 cm³/mol. The second-order valence-electron chi connectivity index (χ2n) is 6.05. The van der Waals surface area contributed by atoms with Crippen LogP contribution in [0.4, 0.5) is 11.5 Å². The Labute approximate surface area is 157 Å². The SMILES string of the molecule is Cc1ccc(Cl)c(NC(=O)CN2CCN(c3ccccn3)CC2)c1Cl. The minimum atomic E-state index is -0.110. The number of carbonyl (C=O) groups excluding carboxylic acids is 1. The predicted octanol–water partition coefficient (Wildman–Crippen LogP) is 3.46. The summed E-state index contributed by atoms with van der Waals surface area (Å²) in [6, 6.07) is 9.47. The quantitative estimate of drug-likeness (QED) is 0.884. The Kier molecular flexibility index (Phi) is 5.78. The molecule has 0 bridgehead atoms. The van der Waals surface area contributed by atoms with E-state index in [1.54, 1.807) is 12.3 Å². The number of carbonyl (C=O) groups is 1. The van der Waals surface area contributed by atoms with E-state index in [1.807, 2.05) is 31.2 Å². The number of benzene rings is 1.